The highest BCUT2D eigenvalue weighted by atomic mass is 15.1. The molecule has 0 bridgehead atoms. The van der Waals surface area contributed by atoms with E-state index in [1.165, 1.54) is 18.5 Å². The van der Waals surface area contributed by atoms with Crippen LogP contribution >= 0.6 is 0 Å². The second kappa shape index (κ2) is 6.62. The largest absolute Gasteiger partial charge is 0.305 e. The van der Waals surface area contributed by atoms with E-state index in [9.17, 15) is 0 Å². The second-order valence-corrected chi connectivity index (χ2v) is 6.34. The van der Waals surface area contributed by atoms with Crippen molar-refractivity contribution in [1.29, 1.82) is 0 Å². The molecule has 0 aromatic heterocycles. The highest BCUT2D eigenvalue weighted by Crippen LogP contribution is 2.52. The van der Waals surface area contributed by atoms with Crippen molar-refractivity contribution >= 4 is 0 Å². The summed E-state index contributed by atoms with van der Waals surface area (Å²) in [4.78, 5) is 2.48. The van der Waals surface area contributed by atoms with Crippen molar-refractivity contribution in [3.05, 3.63) is 60.2 Å². The number of hydrogen-bond acceptors (Lipinski definition) is 1. The zero-order valence-corrected chi connectivity index (χ0v) is 14.0. The third-order valence-corrected chi connectivity index (χ3v) is 5.13. The van der Waals surface area contributed by atoms with E-state index in [0.717, 1.165) is 13.0 Å². The van der Waals surface area contributed by atoms with Crippen LogP contribution < -0.4 is 0 Å². The van der Waals surface area contributed by atoms with Crippen LogP contribution in [0.2, 0.25) is 0 Å². The van der Waals surface area contributed by atoms with Gasteiger partial charge in [-0.2, -0.15) is 0 Å². The Morgan fingerprint density at radius 3 is 2.29 bits per heavy atom. The predicted molar refractivity (Wildman–Crippen MR) is 92.6 cm³/mol. The molecule has 1 heteroatoms. The summed E-state index contributed by atoms with van der Waals surface area (Å²) in [5.74, 6) is 0. The van der Waals surface area contributed by atoms with Crippen molar-refractivity contribution in [3.63, 3.8) is 0 Å². The van der Waals surface area contributed by atoms with Crippen LogP contribution in [-0.2, 0) is 5.41 Å². The van der Waals surface area contributed by atoms with Gasteiger partial charge < -0.3 is 4.90 Å². The lowest BCUT2D eigenvalue weighted by molar-refractivity contribution is 0.199. The van der Waals surface area contributed by atoms with Crippen LogP contribution in [0.3, 0.4) is 0 Å². The zero-order valence-electron chi connectivity index (χ0n) is 14.0. The molecule has 1 saturated heterocycles. The van der Waals surface area contributed by atoms with Gasteiger partial charge >= 0.3 is 0 Å². The van der Waals surface area contributed by atoms with Gasteiger partial charge in [-0.3, -0.25) is 0 Å². The monoisotopic (exact) mass is 283 g/mol. The minimum absolute atomic E-state index is 0.230. The molecule has 2 unspecified atom stereocenters. The summed E-state index contributed by atoms with van der Waals surface area (Å²) in [5.41, 5.74) is 1.99. The third-order valence-electron chi connectivity index (χ3n) is 5.13. The molecule has 0 saturated carbocycles. The second-order valence-electron chi connectivity index (χ2n) is 6.34. The molecular weight excluding hydrogens is 254 g/mol. The fraction of sp³-hybridized carbons (Fsp3) is 0.500. The summed E-state index contributed by atoms with van der Waals surface area (Å²) >= 11 is 0. The molecule has 1 nitrogen and oxygen atoms in total. The number of allylic oxidation sites excluding steroid dienone is 4. The number of rotatable bonds is 2. The van der Waals surface area contributed by atoms with E-state index >= 15 is 0 Å². The van der Waals surface area contributed by atoms with E-state index in [4.69, 9.17) is 0 Å². The van der Waals surface area contributed by atoms with E-state index < -0.39 is 0 Å². The first-order chi connectivity index (χ1) is 10.2. The summed E-state index contributed by atoms with van der Waals surface area (Å²) in [6, 6.07) is 11.1. The Morgan fingerprint density at radius 2 is 1.76 bits per heavy atom. The summed E-state index contributed by atoms with van der Waals surface area (Å²) in [7, 11) is 2.25. The average molecular weight is 283 g/mol. The Hall–Kier alpha value is -1.34. The molecule has 0 amide bonds. The van der Waals surface area contributed by atoms with E-state index in [1.807, 2.05) is 13.8 Å². The number of benzene rings is 1. The normalized spacial score (nSPS) is 31.8. The van der Waals surface area contributed by atoms with Crippen molar-refractivity contribution in [2.24, 2.45) is 5.41 Å². The SMILES string of the molecule is CC.CN1CCC(c2ccccc2)(C2(C)C=CC=CC2)C1. The Kier molecular flexibility index (Phi) is 5.05. The molecule has 0 spiro atoms. The molecule has 1 aliphatic heterocycles. The predicted octanol–water partition coefficient (Wildman–Crippen LogP) is 4.81. The maximum atomic E-state index is 2.48. The van der Waals surface area contributed by atoms with Crippen molar-refractivity contribution in [3.8, 4) is 0 Å². The van der Waals surface area contributed by atoms with Crippen LogP contribution in [0.5, 0.6) is 0 Å². The number of hydrogen-bond donors (Lipinski definition) is 0. The van der Waals surface area contributed by atoms with Crippen molar-refractivity contribution in [2.45, 2.75) is 39.0 Å². The van der Waals surface area contributed by atoms with E-state index in [-0.39, 0.29) is 10.8 Å². The summed E-state index contributed by atoms with van der Waals surface area (Å²) in [6.45, 7) is 8.78. The number of likely N-dealkylation sites (N-methyl/N-ethyl adjacent to an activating group) is 1. The first-order valence-corrected chi connectivity index (χ1v) is 8.25. The van der Waals surface area contributed by atoms with Gasteiger partial charge in [0.25, 0.3) is 0 Å². The van der Waals surface area contributed by atoms with Crippen LogP contribution in [0.1, 0.15) is 39.2 Å². The highest BCUT2D eigenvalue weighted by Gasteiger charge is 2.50. The maximum Gasteiger partial charge on any atom is 0.0183 e. The van der Waals surface area contributed by atoms with E-state index in [1.54, 1.807) is 0 Å². The Balaban J connectivity index is 0.000000774. The van der Waals surface area contributed by atoms with E-state index in [0.29, 0.717) is 0 Å². The van der Waals surface area contributed by atoms with Crippen LogP contribution in [0, 0.1) is 5.41 Å². The van der Waals surface area contributed by atoms with Gasteiger partial charge in [0.2, 0.25) is 0 Å². The van der Waals surface area contributed by atoms with Gasteiger partial charge in [-0.05, 0) is 32.0 Å². The molecule has 3 rings (SSSR count). The number of likely N-dealkylation sites (tertiary alicyclic amines) is 1. The van der Waals surface area contributed by atoms with Crippen LogP contribution in [0.15, 0.2) is 54.6 Å². The molecule has 1 aromatic carbocycles. The molecule has 0 radical (unpaired) electrons. The third kappa shape index (κ3) is 2.85. The fourth-order valence-electron chi connectivity index (χ4n) is 3.87. The lowest BCUT2D eigenvalue weighted by Gasteiger charge is -2.46. The topological polar surface area (TPSA) is 3.24 Å². The standard InChI is InChI=1S/C18H23N.C2H6/c1-17(11-7-4-8-12-17)18(13-14-19(2)15-18)16-9-5-3-6-10-16;1-2/h3-11H,12-15H2,1-2H3;1-2H3. The van der Waals surface area contributed by atoms with Gasteiger partial charge in [0.05, 0.1) is 0 Å². The Morgan fingerprint density at radius 1 is 1.05 bits per heavy atom. The smallest absolute Gasteiger partial charge is 0.0183 e. The zero-order chi connectivity index (χ0) is 15.3. The van der Waals surface area contributed by atoms with Gasteiger partial charge in [0, 0.05) is 17.4 Å². The molecule has 21 heavy (non-hydrogen) atoms. The highest BCUT2D eigenvalue weighted by molar-refractivity contribution is 5.36. The van der Waals surface area contributed by atoms with Gasteiger partial charge in [0.15, 0.2) is 0 Å². The first-order valence-electron chi connectivity index (χ1n) is 8.25. The van der Waals surface area contributed by atoms with Crippen LogP contribution in [-0.4, -0.2) is 25.0 Å². The molecule has 2 aliphatic rings. The molecule has 1 heterocycles. The van der Waals surface area contributed by atoms with Crippen LogP contribution in [0.4, 0.5) is 0 Å². The van der Waals surface area contributed by atoms with Crippen molar-refractivity contribution in [1.82, 2.24) is 4.90 Å². The summed E-state index contributed by atoms with van der Waals surface area (Å²) < 4.78 is 0. The van der Waals surface area contributed by atoms with Gasteiger partial charge in [-0.1, -0.05) is 75.4 Å². The average Bonchev–Trinajstić information content (AvgIpc) is 2.95. The fourth-order valence-corrected chi connectivity index (χ4v) is 3.87. The minimum atomic E-state index is 0.230. The van der Waals surface area contributed by atoms with Gasteiger partial charge in [-0.15, -0.1) is 0 Å². The van der Waals surface area contributed by atoms with Gasteiger partial charge in [0.1, 0.15) is 0 Å². The number of nitrogens with zero attached hydrogens (tertiary/aromatic N) is 1. The lowest BCUT2D eigenvalue weighted by Crippen LogP contribution is -2.45. The molecular formula is C20H29N. The van der Waals surface area contributed by atoms with Crippen LogP contribution in [0.25, 0.3) is 0 Å². The molecule has 1 aromatic rings. The Bertz CT molecular complexity index is 502. The van der Waals surface area contributed by atoms with Crippen molar-refractivity contribution in [2.75, 3.05) is 20.1 Å². The summed E-state index contributed by atoms with van der Waals surface area (Å²) in [5, 5.41) is 0. The summed E-state index contributed by atoms with van der Waals surface area (Å²) in [6.07, 6.45) is 11.6. The van der Waals surface area contributed by atoms with Crippen molar-refractivity contribution < 1.29 is 0 Å². The minimum Gasteiger partial charge on any atom is -0.305 e. The van der Waals surface area contributed by atoms with Gasteiger partial charge in [-0.25, -0.2) is 0 Å². The molecule has 1 fully saturated rings. The lowest BCUT2D eigenvalue weighted by atomic mass is 9.58. The maximum absolute atomic E-state index is 2.48. The molecule has 2 atom stereocenters. The quantitative estimate of drug-likeness (QED) is 0.753. The first kappa shape index (κ1) is 16.0. The Labute approximate surface area is 130 Å². The molecule has 1 aliphatic carbocycles. The molecule has 114 valence electrons. The molecule has 0 N–H and O–H groups in total. The van der Waals surface area contributed by atoms with E-state index in [2.05, 4.69) is 73.5 Å².